The highest BCUT2D eigenvalue weighted by molar-refractivity contribution is 7.11. The molecule has 0 spiro atoms. The van der Waals surface area contributed by atoms with Gasteiger partial charge in [0.2, 0.25) is 0 Å². The van der Waals surface area contributed by atoms with Crippen LogP contribution in [0.3, 0.4) is 0 Å². The molecule has 0 radical (unpaired) electrons. The summed E-state index contributed by atoms with van der Waals surface area (Å²) in [5.74, 6) is -0.751. The number of thiazole rings is 1. The Hall–Kier alpha value is -1.02. The second-order valence-electron chi connectivity index (χ2n) is 7.23. The molecule has 1 aliphatic rings. The smallest absolute Gasteiger partial charge is 0.303 e. The highest BCUT2D eigenvalue weighted by Crippen LogP contribution is 2.20. The molecule has 1 saturated carbocycles. The molecular formula is C19H32N2O4S. The van der Waals surface area contributed by atoms with Gasteiger partial charge in [-0.15, -0.1) is 11.3 Å². The van der Waals surface area contributed by atoms with E-state index in [1.165, 1.54) is 19.3 Å². The molecule has 1 aromatic rings. The monoisotopic (exact) mass is 384 g/mol. The summed E-state index contributed by atoms with van der Waals surface area (Å²) in [5, 5.41) is 23.2. The van der Waals surface area contributed by atoms with E-state index in [0.29, 0.717) is 25.7 Å². The topological polar surface area (TPSA) is 91.7 Å². The average Bonchev–Trinajstić information content (AvgIpc) is 3.06. The molecule has 1 heterocycles. The number of aliphatic carboxylic acids is 1. The molecular weight excluding hydrogens is 352 g/mol. The predicted octanol–water partition coefficient (Wildman–Crippen LogP) is 2.78. The number of ether oxygens (including phenoxy) is 1. The SMILES string of the molecule is CC(Cc1ncc(CCCC(=O)O)s1)NCC(O)COC1CCCCC1. The number of aliphatic hydroxyl groups is 1. The number of carbonyl (C=O) groups is 1. The van der Waals surface area contributed by atoms with Gasteiger partial charge in [-0.05, 0) is 32.6 Å². The molecule has 0 aliphatic heterocycles. The molecule has 2 rings (SSSR count). The molecule has 1 aliphatic carbocycles. The number of nitrogens with zero attached hydrogens (tertiary/aromatic N) is 1. The van der Waals surface area contributed by atoms with Crippen molar-refractivity contribution in [1.29, 1.82) is 0 Å². The van der Waals surface area contributed by atoms with Crippen molar-refractivity contribution in [1.82, 2.24) is 10.3 Å². The van der Waals surface area contributed by atoms with Crippen molar-refractivity contribution < 1.29 is 19.7 Å². The number of carboxylic acids is 1. The molecule has 2 unspecified atom stereocenters. The van der Waals surface area contributed by atoms with E-state index in [1.807, 2.05) is 6.20 Å². The summed E-state index contributed by atoms with van der Waals surface area (Å²) in [6.07, 6.45) is 10.1. The molecule has 3 N–H and O–H groups in total. The first-order chi connectivity index (χ1) is 12.5. The third-order valence-electron chi connectivity index (χ3n) is 4.67. The minimum Gasteiger partial charge on any atom is -0.481 e. The maximum atomic E-state index is 10.6. The summed E-state index contributed by atoms with van der Waals surface area (Å²) in [5.41, 5.74) is 0. The molecule has 0 saturated heterocycles. The van der Waals surface area contributed by atoms with Crippen LogP contribution in [-0.2, 0) is 22.4 Å². The van der Waals surface area contributed by atoms with Crippen molar-refractivity contribution in [3.8, 4) is 0 Å². The fourth-order valence-electron chi connectivity index (χ4n) is 3.18. The van der Waals surface area contributed by atoms with E-state index in [0.717, 1.165) is 35.6 Å². The summed E-state index contributed by atoms with van der Waals surface area (Å²) in [4.78, 5) is 16.1. The number of rotatable bonds is 12. The van der Waals surface area contributed by atoms with Gasteiger partial charge in [-0.3, -0.25) is 4.79 Å². The van der Waals surface area contributed by atoms with Crippen LogP contribution in [0.5, 0.6) is 0 Å². The van der Waals surface area contributed by atoms with Crippen LogP contribution < -0.4 is 5.32 Å². The highest BCUT2D eigenvalue weighted by Gasteiger charge is 2.16. The maximum absolute atomic E-state index is 10.6. The van der Waals surface area contributed by atoms with Crippen LogP contribution in [0.4, 0.5) is 0 Å². The molecule has 1 fully saturated rings. The number of aliphatic hydroxyl groups excluding tert-OH is 1. The van der Waals surface area contributed by atoms with E-state index < -0.39 is 12.1 Å². The summed E-state index contributed by atoms with van der Waals surface area (Å²) in [6.45, 7) is 3.00. The Morgan fingerprint density at radius 2 is 2.19 bits per heavy atom. The summed E-state index contributed by atoms with van der Waals surface area (Å²) < 4.78 is 5.81. The van der Waals surface area contributed by atoms with Gasteiger partial charge < -0.3 is 20.3 Å². The van der Waals surface area contributed by atoms with E-state index in [4.69, 9.17) is 9.84 Å². The van der Waals surface area contributed by atoms with Gasteiger partial charge in [0.25, 0.3) is 0 Å². The van der Waals surface area contributed by atoms with E-state index in [1.54, 1.807) is 11.3 Å². The average molecular weight is 385 g/mol. The van der Waals surface area contributed by atoms with Gasteiger partial charge in [-0.2, -0.15) is 0 Å². The fraction of sp³-hybridized carbons (Fsp3) is 0.789. The Morgan fingerprint density at radius 1 is 1.42 bits per heavy atom. The standard InChI is InChI=1S/C19H32N2O4S/c1-14(10-18-21-12-17(26-18)8-5-9-19(23)24)20-11-15(22)13-25-16-6-3-2-4-7-16/h12,14-16,20,22H,2-11,13H2,1H3,(H,23,24). The molecule has 26 heavy (non-hydrogen) atoms. The molecule has 6 nitrogen and oxygen atoms in total. The summed E-state index contributed by atoms with van der Waals surface area (Å²) in [6, 6.07) is 0.220. The number of carboxylic acid groups (broad SMARTS) is 1. The molecule has 2 atom stereocenters. The Labute approximate surface area is 160 Å². The summed E-state index contributed by atoms with van der Waals surface area (Å²) >= 11 is 1.64. The van der Waals surface area contributed by atoms with Crippen LogP contribution in [0.1, 0.15) is 61.8 Å². The quantitative estimate of drug-likeness (QED) is 0.513. The van der Waals surface area contributed by atoms with Crippen molar-refractivity contribution in [2.75, 3.05) is 13.2 Å². The number of aryl methyl sites for hydroxylation is 1. The largest absolute Gasteiger partial charge is 0.481 e. The van der Waals surface area contributed by atoms with E-state index in [9.17, 15) is 9.90 Å². The number of hydrogen-bond donors (Lipinski definition) is 3. The molecule has 1 aromatic heterocycles. The lowest BCUT2D eigenvalue weighted by atomic mass is 9.98. The minimum atomic E-state index is -0.751. The predicted molar refractivity (Wildman–Crippen MR) is 103 cm³/mol. The molecule has 0 aromatic carbocycles. The lowest BCUT2D eigenvalue weighted by molar-refractivity contribution is -0.137. The van der Waals surface area contributed by atoms with Crippen LogP contribution in [0.25, 0.3) is 0 Å². The third-order valence-corrected chi connectivity index (χ3v) is 5.75. The number of nitrogens with one attached hydrogen (secondary N) is 1. The van der Waals surface area contributed by atoms with Gasteiger partial charge in [-0.1, -0.05) is 19.3 Å². The lowest BCUT2D eigenvalue weighted by Crippen LogP contribution is -2.37. The van der Waals surface area contributed by atoms with E-state index >= 15 is 0 Å². The van der Waals surface area contributed by atoms with Crippen LogP contribution >= 0.6 is 11.3 Å². The Kier molecular flexibility index (Phi) is 9.53. The maximum Gasteiger partial charge on any atom is 0.303 e. The highest BCUT2D eigenvalue weighted by atomic mass is 32.1. The first-order valence-corrected chi connectivity index (χ1v) is 10.5. The van der Waals surface area contributed by atoms with Gasteiger partial charge in [0, 0.05) is 36.5 Å². The summed E-state index contributed by atoms with van der Waals surface area (Å²) in [7, 11) is 0. The zero-order chi connectivity index (χ0) is 18.8. The third kappa shape index (κ3) is 8.58. The van der Waals surface area contributed by atoms with Crippen LogP contribution in [-0.4, -0.2) is 52.6 Å². The van der Waals surface area contributed by atoms with Crippen molar-refractivity contribution in [2.45, 2.75) is 83.0 Å². The second-order valence-corrected chi connectivity index (χ2v) is 8.43. The van der Waals surface area contributed by atoms with Gasteiger partial charge in [0.1, 0.15) is 0 Å². The van der Waals surface area contributed by atoms with Crippen molar-refractivity contribution >= 4 is 17.3 Å². The molecule has 7 heteroatoms. The normalized spacial score (nSPS) is 17.9. The molecule has 148 valence electrons. The Bertz CT molecular complexity index is 531. The van der Waals surface area contributed by atoms with Crippen LogP contribution in [0, 0.1) is 0 Å². The first-order valence-electron chi connectivity index (χ1n) is 9.71. The van der Waals surface area contributed by atoms with Gasteiger partial charge >= 0.3 is 5.97 Å². The first kappa shape index (κ1) is 21.3. The van der Waals surface area contributed by atoms with Gasteiger partial charge in [0.05, 0.1) is 23.8 Å². The van der Waals surface area contributed by atoms with Crippen molar-refractivity contribution in [3.63, 3.8) is 0 Å². The van der Waals surface area contributed by atoms with Gasteiger partial charge in [-0.25, -0.2) is 4.98 Å². The molecule has 0 bridgehead atoms. The van der Waals surface area contributed by atoms with Crippen molar-refractivity contribution in [3.05, 3.63) is 16.1 Å². The Balaban J connectivity index is 1.59. The van der Waals surface area contributed by atoms with Gasteiger partial charge in [0.15, 0.2) is 0 Å². The number of aromatic nitrogens is 1. The van der Waals surface area contributed by atoms with Crippen molar-refractivity contribution in [2.24, 2.45) is 0 Å². The zero-order valence-corrected chi connectivity index (χ0v) is 16.5. The van der Waals surface area contributed by atoms with Crippen LogP contribution in [0.2, 0.25) is 0 Å². The minimum absolute atomic E-state index is 0.200. The fourth-order valence-corrected chi connectivity index (χ4v) is 4.27. The second kappa shape index (κ2) is 11.6. The number of hydrogen-bond acceptors (Lipinski definition) is 6. The van der Waals surface area contributed by atoms with Crippen LogP contribution in [0.15, 0.2) is 6.20 Å². The van der Waals surface area contributed by atoms with E-state index in [-0.39, 0.29) is 12.5 Å². The zero-order valence-electron chi connectivity index (χ0n) is 15.7. The van der Waals surface area contributed by atoms with E-state index in [2.05, 4.69) is 17.2 Å². The Morgan fingerprint density at radius 3 is 2.92 bits per heavy atom. The molecule has 0 amide bonds. The lowest BCUT2D eigenvalue weighted by Gasteiger charge is -2.24.